The van der Waals surface area contributed by atoms with E-state index in [0.29, 0.717) is 6.29 Å². The molecule has 0 aliphatic rings. The molecule has 0 N–H and O–H groups in total. The number of hydrogen-bond donors (Lipinski definition) is 0. The van der Waals surface area contributed by atoms with E-state index >= 15 is 0 Å². The van der Waals surface area contributed by atoms with Crippen molar-refractivity contribution in [3.8, 4) is 5.75 Å². The van der Waals surface area contributed by atoms with Gasteiger partial charge in [-0.05, 0) is 26.0 Å². The van der Waals surface area contributed by atoms with Gasteiger partial charge < -0.3 is 4.74 Å². The molecular weight excluding hydrogens is 199 g/mol. The molecule has 1 aromatic rings. The predicted octanol–water partition coefficient (Wildman–Crippen LogP) is 2.24. The van der Waals surface area contributed by atoms with Crippen LogP contribution < -0.4 is 4.74 Å². The van der Waals surface area contributed by atoms with Crippen molar-refractivity contribution >= 4 is 12.1 Å². The van der Waals surface area contributed by atoms with Crippen LogP contribution in [0.5, 0.6) is 5.75 Å². The van der Waals surface area contributed by atoms with Crippen LogP contribution in [0.15, 0.2) is 12.1 Å². The highest BCUT2D eigenvalue weighted by Gasteiger charge is 2.16. The Hall–Kier alpha value is -1.71. The fourth-order valence-corrected chi connectivity index (χ4v) is 1.22. The number of benzene rings is 1. The van der Waals surface area contributed by atoms with Crippen LogP contribution in [0.2, 0.25) is 0 Å². The summed E-state index contributed by atoms with van der Waals surface area (Å²) in [5.41, 5.74) is 0.0448. The van der Waals surface area contributed by atoms with E-state index < -0.39 is 5.82 Å². The normalized spacial score (nSPS) is 9.80. The Balaban J connectivity index is 3.36. The summed E-state index contributed by atoms with van der Waals surface area (Å²) < 4.78 is 18.6. The highest BCUT2D eigenvalue weighted by molar-refractivity contribution is 5.97. The van der Waals surface area contributed by atoms with E-state index in [1.54, 1.807) is 6.92 Å². The second-order valence-electron chi connectivity index (χ2n) is 2.95. The Morgan fingerprint density at radius 3 is 2.67 bits per heavy atom. The number of ether oxygens (including phenoxy) is 1. The summed E-state index contributed by atoms with van der Waals surface area (Å²) in [5.74, 6) is -1.22. The first kappa shape index (κ1) is 11.4. The monoisotopic (exact) mass is 210 g/mol. The van der Waals surface area contributed by atoms with Crippen molar-refractivity contribution in [2.75, 3.05) is 6.61 Å². The maximum absolute atomic E-state index is 13.6. The molecule has 0 aliphatic carbocycles. The van der Waals surface area contributed by atoms with Gasteiger partial charge in [0.05, 0.1) is 17.7 Å². The Morgan fingerprint density at radius 1 is 1.53 bits per heavy atom. The smallest absolute Gasteiger partial charge is 0.176 e. The van der Waals surface area contributed by atoms with Crippen molar-refractivity contribution in [1.82, 2.24) is 0 Å². The summed E-state index contributed by atoms with van der Waals surface area (Å²) in [6.45, 7) is 3.23. The fourth-order valence-electron chi connectivity index (χ4n) is 1.22. The molecule has 0 atom stereocenters. The fraction of sp³-hybridized carbons (Fsp3) is 0.273. The molecule has 0 amide bonds. The maximum atomic E-state index is 13.6. The molecule has 0 saturated heterocycles. The first-order valence-electron chi connectivity index (χ1n) is 4.53. The third kappa shape index (κ3) is 2.21. The van der Waals surface area contributed by atoms with E-state index in [-0.39, 0.29) is 29.3 Å². The number of carbonyl (C=O) groups is 2. The highest BCUT2D eigenvalue weighted by atomic mass is 19.1. The van der Waals surface area contributed by atoms with Crippen LogP contribution in [0, 0.1) is 5.82 Å². The summed E-state index contributed by atoms with van der Waals surface area (Å²) in [5, 5.41) is 0. The number of aldehydes is 1. The summed E-state index contributed by atoms with van der Waals surface area (Å²) in [6.07, 6.45) is 0.391. The van der Waals surface area contributed by atoms with Crippen LogP contribution in [-0.4, -0.2) is 18.7 Å². The summed E-state index contributed by atoms with van der Waals surface area (Å²) >= 11 is 0. The molecule has 4 heteroatoms. The molecule has 0 fully saturated rings. The SMILES string of the molecule is CCOc1c(C(C)=O)ccc(C=O)c1F. The summed E-state index contributed by atoms with van der Waals surface area (Å²) in [7, 11) is 0. The lowest BCUT2D eigenvalue weighted by Gasteiger charge is -2.09. The van der Waals surface area contributed by atoms with E-state index in [1.807, 2.05) is 0 Å². The van der Waals surface area contributed by atoms with Gasteiger partial charge >= 0.3 is 0 Å². The van der Waals surface area contributed by atoms with Gasteiger partial charge in [0.2, 0.25) is 0 Å². The number of rotatable bonds is 4. The third-order valence-corrected chi connectivity index (χ3v) is 1.92. The molecule has 3 nitrogen and oxygen atoms in total. The van der Waals surface area contributed by atoms with Gasteiger partial charge in [0.1, 0.15) is 0 Å². The molecule has 0 aromatic heterocycles. The zero-order valence-corrected chi connectivity index (χ0v) is 8.54. The van der Waals surface area contributed by atoms with Crippen molar-refractivity contribution < 1.29 is 18.7 Å². The Bertz CT molecular complexity index is 399. The van der Waals surface area contributed by atoms with Gasteiger partial charge in [-0.3, -0.25) is 9.59 Å². The van der Waals surface area contributed by atoms with Crippen LogP contribution in [-0.2, 0) is 0 Å². The molecule has 0 heterocycles. The highest BCUT2D eigenvalue weighted by Crippen LogP contribution is 2.25. The Kier molecular flexibility index (Phi) is 3.55. The van der Waals surface area contributed by atoms with Crippen molar-refractivity contribution in [1.29, 1.82) is 0 Å². The topological polar surface area (TPSA) is 43.4 Å². The summed E-state index contributed by atoms with van der Waals surface area (Å²) in [4.78, 5) is 21.6. The number of hydrogen-bond acceptors (Lipinski definition) is 3. The van der Waals surface area contributed by atoms with Crippen molar-refractivity contribution in [2.45, 2.75) is 13.8 Å². The average Bonchev–Trinajstić information content (AvgIpc) is 2.20. The molecule has 1 rings (SSSR count). The molecule has 0 aliphatic heterocycles. The molecule has 0 unspecified atom stereocenters. The van der Waals surface area contributed by atoms with Crippen molar-refractivity contribution in [3.05, 3.63) is 29.1 Å². The van der Waals surface area contributed by atoms with E-state index in [0.717, 1.165) is 0 Å². The predicted molar refractivity (Wildman–Crippen MR) is 53.0 cm³/mol. The molecular formula is C11H11FO3. The first-order chi connectivity index (χ1) is 7.11. The Morgan fingerprint density at radius 2 is 2.20 bits per heavy atom. The van der Waals surface area contributed by atoms with Gasteiger partial charge in [0, 0.05) is 0 Å². The minimum atomic E-state index is -0.778. The average molecular weight is 210 g/mol. The van der Waals surface area contributed by atoms with E-state index in [4.69, 9.17) is 4.74 Å². The lowest BCUT2D eigenvalue weighted by atomic mass is 10.1. The standard InChI is InChI=1S/C11H11FO3/c1-3-15-11-9(7(2)14)5-4-8(6-13)10(11)12/h4-6H,3H2,1-2H3. The van der Waals surface area contributed by atoms with Gasteiger partial charge in [0.25, 0.3) is 0 Å². The quantitative estimate of drug-likeness (QED) is 0.565. The van der Waals surface area contributed by atoms with E-state index in [2.05, 4.69) is 0 Å². The van der Waals surface area contributed by atoms with Crippen LogP contribution in [0.3, 0.4) is 0 Å². The zero-order chi connectivity index (χ0) is 11.4. The van der Waals surface area contributed by atoms with Crippen LogP contribution in [0.25, 0.3) is 0 Å². The van der Waals surface area contributed by atoms with E-state index in [1.165, 1.54) is 19.1 Å². The number of carbonyl (C=O) groups excluding carboxylic acids is 2. The number of halogens is 1. The van der Waals surface area contributed by atoms with Gasteiger partial charge in [-0.2, -0.15) is 0 Å². The second-order valence-corrected chi connectivity index (χ2v) is 2.95. The lowest BCUT2D eigenvalue weighted by Crippen LogP contribution is -2.05. The molecule has 15 heavy (non-hydrogen) atoms. The zero-order valence-electron chi connectivity index (χ0n) is 8.54. The van der Waals surface area contributed by atoms with Gasteiger partial charge in [-0.15, -0.1) is 0 Å². The van der Waals surface area contributed by atoms with Crippen LogP contribution in [0.4, 0.5) is 4.39 Å². The van der Waals surface area contributed by atoms with Crippen LogP contribution >= 0.6 is 0 Å². The molecule has 0 saturated carbocycles. The number of ketones is 1. The minimum absolute atomic E-state index is 0.108. The molecule has 0 bridgehead atoms. The third-order valence-electron chi connectivity index (χ3n) is 1.92. The second kappa shape index (κ2) is 4.68. The van der Waals surface area contributed by atoms with Crippen molar-refractivity contribution in [3.63, 3.8) is 0 Å². The van der Waals surface area contributed by atoms with Gasteiger partial charge in [-0.25, -0.2) is 4.39 Å². The maximum Gasteiger partial charge on any atom is 0.176 e. The molecule has 80 valence electrons. The first-order valence-corrected chi connectivity index (χ1v) is 4.53. The molecule has 0 radical (unpaired) electrons. The largest absolute Gasteiger partial charge is 0.490 e. The lowest BCUT2D eigenvalue weighted by molar-refractivity contribution is 0.101. The summed E-state index contributed by atoms with van der Waals surface area (Å²) in [6, 6.07) is 2.65. The Labute approximate surface area is 86.9 Å². The molecule has 0 spiro atoms. The van der Waals surface area contributed by atoms with Gasteiger partial charge in [-0.1, -0.05) is 0 Å². The van der Waals surface area contributed by atoms with Crippen LogP contribution in [0.1, 0.15) is 34.6 Å². The molecule has 1 aromatic carbocycles. The van der Waals surface area contributed by atoms with Gasteiger partial charge in [0.15, 0.2) is 23.6 Å². The minimum Gasteiger partial charge on any atom is -0.490 e. The van der Waals surface area contributed by atoms with E-state index in [9.17, 15) is 14.0 Å². The van der Waals surface area contributed by atoms with Crippen molar-refractivity contribution in [2.24, 2.45) is 0 Å². The number of Topliss-reactive ketones (excluding diaryl/α,β-unsaturated/α-hetero) is 1.